The molecule has 0 radical (unpaired) electrons. The summed E-state index contributed by atoms with van der Waals surface area (Å²) in [7, 11) is 2.77. The van der Waals surface area contributed by atoms with E-state index in [1.807, 2.05) is 51.1 Å². The summed E-state index contributed by atoms with van der Waals surface area (Å²) in [5.74, 6) is -1.48. The minimum atomic E-state index is -1.03. The molecule has 0 spiro atoms. The summed E-state index contributed by atoms with van der Waals surface area (Å²) < 4.78 is 31.8. The third-order valence-electron chi connectivity index (χ3n) is 7.11. The average molecular weight is 731 g/mol. The van der Waals surface area contributed by atoms with Crippen LogP contribution in [0.15, 0.2) is 54.6 Å². The zero-order valence-electron chi connectivity index (χ0n) is 30.9. The van der Waals surface area contributed by atoms with Crippen LogP contribution in [-0.2, 0) is 44.6 Å². The van der Waals surface area contributed by atoms with Gasteiger partial charge in [0.2, 0.25) is 5.91 Å². The van der Waals surface area contributed by atoms with E-state index in [0.29, 0.717) is 71.3 Å². The van der Waals surface area contributed by atoms with Crippen molar-refractivity contribution in [3.63, 3.8) is 0 Å². The predicted molar refractivity (Wildman–Crippen MR) is 193 cm³/mol. The molecule has 3 N–H and O–H groups in total. The van der Waals surface area contributed by atoms with Gasteiger partial charge in [0.15, 0.2) is 0 Å². The van der Waals surface area contributed by atoms with Crippen LogP contribution in [0.2, 0.25) is 0 Å². The molecule has 2 aromatic rings. The summed E-state index contributed by atoms with van der Waals surface area (Å²) in [6.45, 7) is 8.96. The van der Waals surface area contributed by atoms with E-state index in [1.165, 1.54) is 24.1 Å². The van der Waals surface area contributed by atoms with Gasteiger partial charge in [0.25, 0.3) is 5.91 Å². The number of alkyl carbamates (subject to hydrolysis) is 1. The first kappa shape index (κ1) is 43.4. The lowest BCUT2D eigenvalue weighted by atomic mass is 10.1. The number of anilines is 1. The number of nitrogens with zero attached hydrogens (tertiary/aromatic N) is 1. The second kappa shape index (κ2) is 24.5. The van der Waals surface area contributed by atoms with Crippen LogP contribution in [0.5, 0.6) is 0 Å². The summed E-state index contributed by atoms with van der Waals surface area (Å²) in [5, 5.41) is 8.07. The van der Waals surface area contributed by atoms with Crippen LogP contribution in [0.1, 0.15) is 62.4 Å². The maximum atomic E-state index is 12.9. The molecule has 52 heavy (non-hydrogen) atoms. The van der Waals surface area contributed by atoms with Crippen molar-refractivity contribution in [1.82, 2.24) is 16.0 Å². The maximum absolute atomic E-state index is 12.9. The van der Waals surface area contributed by atoms with E-state index in [9.17, 15) is 24.0 Å². The Kier molecular flexibility index (Phi) is 20.4. The molecular weight excluding hydrogens is 676 g/mol. The second-order valence-corrected chi connectivity index (χ2v) is 12.6. The molecule has 0 aliphatic carbocycles. The van der Waals surface area contributed by atoms with Gasteiger partial charge in [-0.1, -0.05) is 30.3 Å². The zero-order valence-corrected chi connectivity index (χ0v) is 30.9. The zero-order chi connectivity index (χ0) is 38.2. The van der Waals surface area contributed by atoms with Crippen LogP contribution in [0.25, 0.3) is 0 Å². The molecule has 2 rings (SSSR count). The van der Waals surface area contributed by atoms with Gasteiger partial charge in [0, 0.05) is 51.0 Å². The van der Waals surface area contributed by atoms with E-state index in [4.69, 9.17) is 28.4 Å². The van der Waals surface area contributed by atoms with Crippen LogP contribution >= 0.6 is 0 Å². The minimum Gasteiger partial charge on any atom is -0.467 e. The summed E-state index contributed by atoms with van der Waals surface area (Å²) >= 11 is 0. The van der Waals surface area contributed by atoms with E-state index in [2.05, 4.69) is 16.0 Å². The summed E-state index contributed by atoms with van der Waals surface area (Å²) in [6, 6.07) is 14.5. The molecule has 4 amide bonds. The predicted octanol–water partition coefficient (Wildman–Crippen LogP) is 3.98. The van der Waals surface area contributed by atoms with Crippen LogP contribution in [0, 0.1) is 0 Å². The Labute approximate surface area is 306 Å². The molecule has 2 aromatic carbocycles. The highest BCUT2D eigenvalue weighted by molar-refractivity contribution is 5.97. The smallest absolute Gasteiger partial charge is 0.414 e. The molecule has 0 fully saturated rings. The fourth-order valence-electron chi connectivity index (χ4n) is 4.38. The largest absolute Gasteiger partial charge is 0.467 e. The van der Waals surface area contributed by atoms with Crippen molar-refractivity contribution in [2.75, 3.05) is 71.8 Å². The topological polar surface area (TPSA) is 180 Å². The molecule has 0 bridgehead atoms. The third-order valence-corrected chi connectivity index (χ3v) is 7.11. The number of methoxy groups -OCH3 is 1. The lowest BCUT2D eigenvalue weighted by Crippen LogP contribution is -2.42. The molecule has 0 aliphatic heterocycles. The lowest BCUT2D eigenvalue weighted by Gasteiger charge is -2.19. The first-order valence-corrected chi connectivity index (χ1v) is 17.3. The first-order chi connectivity index (χ1) is 24.9. The number of carbonyl (C=O) groups is 5. The Hall–Kier alpha value is -4.73. The van der Waals surface area contributed by atoms with Crippen molar-refractivity contribution in [3.05, 3.63) is 65.7 Å². The van der Waals surface area contributed by atoms with Crippen molar-refractivity contribution in [2.45, 2.75) is 64.7 Å². The van der Waals surface area contributed by atoms with Crippen LogP contribution in [0.3, 0.4) is 0 Å². The van der Waals surface area contributed by atoms with Crippen LogP contribution in [-0.4, -0.2) is 109 Å². The molecule has 288 valence electrons. The first-order valence-electron chi connectivity index (χ1n) is 17.3. The Morgan fingerprint density at radius 3 is 1.92 bits per heavy atom. The highest BCUT2D eigenvalue weighted by Crippen LogP contribution is 2.16. The van der Waals surface area contributed by atoms with Gasteiger partial charge in [-0.3, -0.25) is 14.5 Å². The van der Waals surface area contributed by atoms with Gasteiger partial charge in [0.1, 0.15) is 18.2 Å². The molecule has 1 unspecified atom stereocenters. The Morgan fingerprint density at radius 1 is 0.769 bits per heavy atom. The molecular formula is C37H54N4O11. The van der Waals surface area contributed by atoms with Gasteiger partial charge < -0.3 is 44.4 Å². The Morgan fingerprint density at radius 2 is 1.35 bits per heavy atom. The van der Waals surface area contributed by atoms with Crippen molar-refractivity contribution in [3.8, 4) is 0 Å². The lowest BCUT2D eigenvalue weighted by molar-refractivity contribution is -0.143. The summed E-state index contributed by atoms with van der Waals surface area (Å²) in [6.07, 6.45) is 0.275. The highest BCUT2D eigenvalue weighted by Gasteiger charge is 2.23. The number of ether oxygens (including phenoxy) is 6. The Bertz CT molecular complexity index is 1370. The monoisotopic (exact) mass is 730 g/mol. The summed E-state index contributed by atoms with van der Waals surface area (Å²) in [4.78, 5) is 63.0. The SMILES string of the molecule is COC(=O)C(CCC(=O)NCCCOCCOCCOCCCNC(=O)OC(C)(C)C)NC(=O)c1ccc(N(C)C(=O)OCc2ccccc2)cc1. The highest BCUT2D eigenvalue weighted by atomic mass is 16.6. The number of esters is 1. The minimum absolute atomic E-state index is 0.00804. The number of amides is 4. The van der Waals surface area contributed by atoms with E-state index < -0.39 is 35.7 Å². The number of nitrogens with one attached hydrogen (secondary N) is 3. The Balaban J connectivity index is 1.55. The van der Waals surface area contributed by atoms with Crippen LogP contribution in [0.4, 0.5) is 15.3 Å². The molecule has 15 nitrogen and oxygen atoms in total. The fourth-order valence-corrected chi connectivity index (χ4v) is 4.38. The summed E-state index contributed by atoms with van der Waals surface area (Å²) in [5.41, 5.74) is 1.10. The van der Waals surface area contributed by atoms with E-state index in [1.54, 1.807) is 19.2 Å². The molecule has 0 aromatic heterocycles. The quantitative estimate of drug-likeness (QED) is 0.0855. The standard InChI is InChI=1S/C37H54N4O11/c1-37(2,3)52-35(45)39-20-10-22-49-24-26-50-25-23-48-21-9-19-38-32(42)18-17-31(34(44)47-5)40-33(43)29-13-15-30(16-14-29)41(4)36(46)51-27-28-11-7-6-8-12-28/h6-8,11-16,31H,9-10,17-27H2,1-5H3,(H,38,42)(H,39,45)(H,40,43). The number of rotatable bonds is 23. The fraction of sp³-hybridized carbons (Fsp3) is 0.541. The maximum Gasteiger partial charge on any atom is 0.414 e. The second-order valence-electron chi connectivity index (χ2n) is 12.6. The van der Waals surface area contributed by atoms with Crippen molar-refractivity contribution in [2.24, 2.45) is 0 Å². The van der Waals surface area contributed by atoms with E-state index >= 15 is 0 Å². The van der Waals surface area contributed by atoms with Gasteiger partial charge in [-0.05, 0) is 69.9 Å². The van der Waals surface area contributed by atoms with Crippen molar-refractivity contribution in [1.29, 1.82) is 0 Å². The molecule has 0 heterocycles. The molecule has 0 saturated heterocycles. The van der Waals surface area contributed by atoms with Crippen LogP contribution < -0.4 is 20.9 Å². The van der Waals surface area contributed by atoms with Gasteiger partial charge in [-0.15, -0.1) is 0 Å². The van der Waals surface area contributed by atoms with E-state index in [0.717, 1.165) is 5.56 Å². The van der Waals surface area contributed by atoms with Gasteiger partial charge in [-0.2, -0.15) is 0 Å². The normalized spacial score (nSPS) is 11.6. The number of carbonyl (C=O) groups excluding carboxylic acids is 5. The van der Waals surface area contributed by atoms with Gasteiger partial charge in [0.05, 0.1) is 33.5 Å². The molecule has 1 atom stereocenters. The molecule has 15 heteroatoms. The van der Waals surface area contributed by atoms with Gasteiger partial charge >= 0.3 is 18.2 Å². The van der Waals surface area contributed by atoms with E-state index in [-0.39, 0.29) is 30.9 Å². The number of hydrogen-bond donors (Lipinski definition) is 3. The third kappa shape index (κ3) is 19.0. The van der Waals surface area contributed by atoms with Gasteiger partial charge in [-0.25, -0.2) is 14.4 Å². The molecule has 0 aliphatic rings. The number of benzene rings is 2. The molecule has 0 saturated carbocycles. The van der Waals surface area contributed by atoms with Crippen molar-refractivity contribution < 1.29 is 52.4 Å². The van der Waals surface area contributed by atoms with Crippen molar-refractivity contribution >= 4 is 35.7 Å². The average Bonchev–Trinajstić information content (AvgIpc) is 3.12. The number of hydrogen-bond acceptors (Lipinski definition) is 11.